The maximum Gasteiger partial charge on any atom is 0.339 e. The van der Waals surface area contributed by atoms with Gasteiger partial charge in [-0.05, 0) is 31.9 Å². The fourth-order valence-electron chi connectivity index (χ4n) is 2.52. The lowest BCUT2D eigenvalue weighted by molar-refractivity contribution is 0.0697. The van der Waals surface area contributed by atoms with Gasteiger partial charge in [0.2, 0.25) is 0 Å². The molecule has 1 fully saturated rings. The number of anilines is 1. The van der Waals surface area contributed by atoms with Crippen molar-refractivity contribution in [2.45, 2.75) is 38.7 Å². The molecule has 1 aliphatic carbocycles. The lowest BCUT2D eigenvalue weighted by atomic mass is 9.86. The van der Waals surface area contributed by atoms with Gasteiger partial charge < -0.3 is 15.5 Å². The standard InChI is InChI=1S/C14H20N2O3/c1-9-6-7-11(14(18)19)13(16-9)15-8-10-4-2-3-5-12(10)17/h6-7,10,12,17H,2-5,8H2,1H3,(H,15,16)(H,18,19). The van der Waals surface area contributed by atoms with E-state index in [9.17, 15) is 9.90 Å². The van der Waals surface area contributed by atoms with Crippen LogP contribution in [0.15, 0.2) is 12.1 Å². The molecule has 0 amide bonds. The van der Waals surface area contributed by atoms with E-state index in [1.165, 1.54) is 0 Å². The highest BCUT2D eigenvalue weighted by atomic mass is 16.4. The van der Waals surface area contributed by atoms with Gasteiger partial charge in [0, 0.05) is 18.2 Å². The zero-order valence-corrected chi connectivity index (χ0v) is 11.1. The monoisotopic (exact) mass is 264 g/mol. The third kappa shape index (κ3) is 3.44. The van der Waals surface area contributed by atoms with E-state index in [4.69, 9.17) is 5.11 Å². The highest BCUT2D eigenvalue weighted by molar-refractivity contribution is 5.93. The molecule has 0 aliphatic heterocycles. The van der Waals surface area contributed by atoms with E-state index in [1.54, 1.807) is 12.1 Å². The summed E-state index contributed by atoms with van der Waals surface area (Å²) in [6.07, 6.45) is 3.71. The summed E-state index contributed by atoms with van der Waals surface area (Å²) >= 11 is 0. The molecule has 2 atom stereocenters. The number of aliphatic hydroxyl groups is 1. The van der Waals surface area contributed by atoms with E-state index in [2.05, 4.69) is 10.3 Å². The summed E-state index contributed by atoms with van der Waals surface area (Å²) in [6, 6.07) is 3.24. The van der Waals surface area contributed by atoms with Crippen molar-refractivity contribution in [3.05, 3.63) is 23.4 Å². The molecule has 1 aliphatic rings. The van der Waals surface area contributed by atoms with Gasteiger partial charge in [0.05, 0.1) is 6.10 Å². The van der Waals surface area contributed by atoms with Gasteiger partial charge >= 0.3 is 5.97 Å². The Morgan fingerprint density at radius 1 is 1.42 bits per heavy atom. The number of nitrogens with zero attached hydrogens (tertiary/aromatic N) is 1. The Hall–Kier alpha value is -1.62. The number of aromatic carboxylic acids is 1. The van der Waals surface area contributed by atoms with Crippen molar-refractivity contribution in [1.82, 2.24) is 4.98 Å². The number of aliphatic hydroxyl groups excluding tert-OH is 1. The van der Waals surface area contributed by atoms with Gasteiger partial charge in [-0.2, -0.15) is 0 Å². The molecule has 2 unspecified atom stereocenters. The van der Waals surface area contributed by atoms with Crippen LogP contribution >= 0.6 is 0 Å². The summed E-state index contributed by atoms with van der Waals surface area (Å²) in [5.74, 6) is -0.415. The highest BCUT2D eigenvalue weighted by Crippen LogP contribution is 2.25. The molecule has 1 saturated carbocycles. The molecule has 1 aromatic heterocycles. The van der Waals surface area contributed by atoms with E-state index in [0.29, 0.717) is 12.4 Å². The normalized spacial score (nSPS) is 23.1. The topological polar surface area (TPSA) is 82.5 Å². The second-order valence-electron chi connectivity index (χ2n) is 5.15. The third-order valence-electron chi connectivity index (χ3n) is 3.67. The van der Waals surface area contributed by atoms with Crippen molar-refractivity contribution >= 4 is 11.8 Å². The van der Waals surface area contributed by atoms with Crippen molar-refractivity contribution in [3.63, 3.8) is 0 Å². The molecule has 19 heavy (non-hydrogen) atoms. The van der Waals surface area contributed by atoms with Crippen LogP contribution in [0.25, 0.3) is 0 Å². The molecular weight excluding hydrogens is 244 g/mol. The molecule has 104 valence electrons. The first-order valence-electron chi connectivity index (χ1n) is 6.71. The zero-order valence-electron chi connectivity index (χ0n) is 11.1. The summed E-state index contributed by atoms with van der Waals surface area (Å²) in [5, 5.41) is 22.1. The molecule has 0 aromatic carbocycles. The number of aromatic nitrogens is 1. The first kappa shape index (κ1) is 13.8. The number of carbonyl (C=O) groups is 1. The quantitative estimate of drug-likeness (QED) is 0.775. The lowest BCUT2D eigenvalue weighted by Crippen LogP contribution is -2.30. The summed E-state index contributed by atoms with van der Waals surface area (Å²) in [4.78, 5) is 15.3. The Morgan fingerprint density at radius 3 is 2.84 bits per heavy atom. The summed E-state index contributed by atoms with van der Waals surface area (Å²) in [6.45, 7) is 2.39. The molecular formula is C14H20N2O3. The van der Waals surface area contributed by atoms with Crippen molar-refractivity contribution in [1.29, 1.82) is 0 Å². The number of pyridine rings is 1. The molecule has 5 nitrogen and oxygen atoms in total. The summed E-state index contributed by atoms with van der Waals surface area (Å²) in [7, 11) is 0. The SMILES string of the molecule is Cc1ccc(C(=O)O)c(NCC2CCCCC2O)n1. The Labute approximate surface area is 112 Å². The molecule has 0 radical (unpaired) electrons. The number of hydrogen-bond acceptors (Lipinski definition) is 4. The van der Waals surface area contributed by atoms with E-state index in [-0.39, 0.29) is 17.6 Å². The Kier molecular flexibility index (Phi) is 4.37. The van der Waals surface area contributed by atoms with E-state index in [1.807, 2.05) is 6.92 Å². The van der Waals surface area contributed by atoms with E-state index >= 15 is 0 Å². The maximum absolute atomic E-state index is 11.1. The second-order valence-corrected chi connectivity index (χ2v) is 5.15. The van der Waals surface area contributed by atoms with Gasteiger partial charge in [-0.1, -0.05) is 12.8 Å². The fourth-order valence-corrected chi connectivity index (χ4v) is 2.52. The van der Waals surface area contributed by atoms with Crippen LogP contribution in [0.4, 0.5) is 5.82 Å². The van der Waals surface area contributed by atoms with Crippen molar-refractivity contribution in [3.8, 4) is 0 Å². The van der Waals surface area contributed by atoms with E-state index in [0.717, 1.165) is 31.4 Å². The maximum atomic E-state index is 11.1. The number of aryl methyl sites for hydroxylation is 1. The van der Waals surface area contributed by atoms with Crippen LogP contribution < -0.4 is 5.32 Å². The molecule has 0 spiro atoms. The predicted molar refractivity (Wildman–Crippen MR) is 72.4 cm³/mol. The average Bonchev–Trinajstić information content (AvgIpc) is 2.37. The molecule has 3 N–H and O–H groups in total. The van der Waals surface area contributed by atoms with Crippen LogP contribution in [0.2, 0.25) is 0 Å². The van der Waals surface area contributed by atoms with Crippen molar-refractivity contribution in [2.24, 2.45) is 5.92 Å². The Bertz CT molecular complexity index is 462. The number of carboxylic acids is 1. The van der Waals surface area contributed by atoms with Crippen LogP contribution in [-0.2, 0) is 0 Å². The first-order chi connectivity index (χ1) is 9.08. The average molecular weight is 264 g/mol. The van der Waals surface area contributed by atoms with Gasteiger partial charge in [-0.3, -0.25) is 0 Å². The number of rotatable bonds is 4. The minimum atomic E-state index is -0.987. The van der Waals surface area contributed by atoms with E-state index < -0.39 is 5.97 Å². The van der Waals surface area contributed by atoms with Crippen molar-refractivity contribution in [2.75, 3.05) is 11.9 Å². The number of nitrogens with one attached hydrogen (secondary N) is 1. The first-order valence-corrected chi connectivity index (χ1v) is 6.71. The Balaban J connectivity index is 2.05. The predicted octanol–water partition coefficient (Wildman–Crippen LogP) is 2.05. The highest BCUT2D eigenvalue weighted by Gasteiger charge is 2.23. The van der Waals surface area contributed by atoms with Crippen LogP contribution in [0.1, 0.15) is 41.7 Å². The second kappa shape index (κ2) is 6.02. The smallest absolute Gasteiger partial charge is 0.339 e. The van der Waals surface area contributed by atoms with Gasteiger partial charge in [-0.15, -0.1) is 0 Å². The number of carboxylic acid groups (broad SMARTS) is 1. The van der Waals surface area contributed by atoms with Crippen molar-refractivity contribution < 1.29 is 15.0 Å². The number of hydrogen-bond donors (Lipinski definition) is 3. The van der Waals surface area contributed by atoms with Crippen LogP contribution in [0.5, 0.6) is 0 Å². The van der Waals surface area contributed by atoms with Gasteiger partial charge in [-0.25, -0.2) is 9.78 Å². The zero-order chi connectivity index (χ0) is 13.8. The van der Waals surface area contributed by atoms with Gasteiger partial charge in [0.25, 0.3) is 0 Å². The minimum Gasteiger partial charge on any atom is -0.478 e. The molecule has 0 bridgehead atoms. The summed E-state index contributed by atoms with van der Waals surface area (Å²) < 4.78 is 0. The Morgan fingerprint density at radius 2 is 2.16 bits per heavy atom. The largest absolute Gasteiger partial charge is 0.478 e. The van der Waals surface area contributed by atoms with Crippen LogP contribution in [0.3, 0.4) is 0 Å². The molecule has 0 saturated heterocycles. The van der Waals surface area contributed by atoms with Crippen LogP contribution in [-0.4, -0.2) is 33.8 Å². The van der Waals surface area contributed by atoms with Gasteiger partial charge in [0.1, 0.15) is 11.4 Å². The molecule has 1 aromatic rings. The minimum absolute atomic E-state index is 0.177. The van der Waals surface area contributed by atoms with Gasteiger partial charge in [0.15, 0.2) is 0 Å². The lowest BCUT2D eigenvalue weighted by Gasteiger charge is -2.28. The molecule has 2 rings (SSSR count). The molecule has 5 heteroatoms. The fraction of sp³-hybridized carbons (Fsp3) is 0.571. The molecule has 1 heterocycles. The van der Waals surface area contributed by atoms with Crippen LogP contribution in [0, 0.1) is 12.8 Å². The third-order valence-corrected chi connectivity index (χ3v) is 3.67. The summed E-state index contributed by atoms with van der Waals surface area (Å²) in [5.41, 5.74) is 0.951.